The van der Waals surface area contributed by atoms with Gasteiger partial charge in [0.1, 0.15) is 0 Å². The summed E-state index contributed by atoms with van der Waals surface area (Å²) >= 11 is 1.76. The van der Waals surface area contributed by atoms with Gasteiger partial charge in [-0.25, -0.2) is 0 Å². The maximum Gasteiger partial charge on any atom is 0.226 e. The minimum Gasteiger partial charge on any atom is -0.381 e. The first-order valence-electron chi connectivity index (χ1n) is 11.2. The number of thiophene rings is 1. The molecule has 1 saturated carbocycles. The highest BCUT2D eigenvalue weighted by Crippen LogP contribution is 2.41. The Morgan fingerprint density at radius 1 is 1.17 bits per heavy atom. The van der Waals surface area contributed by atoms with Gasteiger partial charge in [-0.3, -0.25) is 4.79 Å². The summed E-state index contributed by atoms with van der Waals surface area (Å²) in [4.78, 5) is 17.2. The Bertz CT molecular complexity index is 819. The van der Waals surface area contributed by atoms with E-state index in [4.69, 9.17) is 4.74 Å². The Kier molecular flexibility index (Phi) is 6.91. The minimum atomic E-state index is -0.327. The van der Waals surface area contributed by atoms with Gasteiger partial charge in [0.05, 0.1) is 11.5 Å². The fourth-order valence-corrected chi connectivity index (χ4v) is 5.75. The highest BCUT2D eigenvalue weighted by molar-refractivity contribution is 7.13. The highest BCUT2D eigenvalue weighted by Gasteiger charge is 2.42. The first-order valence-corrected chi connectivity index (χ1v) is 12.1. The van der Waals surface area contributed by atoms with Gasteiger partial charge >= 0.3 is 0 Å². The third kappa shape index (κ3) is 4.96. The zero-order valence-corrected chi connectivity index (χ0v) is 19.0. The van der Waals surface area contributed by atoms with Gasteiger partial charge in [0.25, 0.3) is 0 Å². The molecular formula is C25H34N2O2S. The number of carbonyl (C=O) groups is 1. The molecule has 0 radical (unpaired) electrons. The Morgan fingerprint density at radius 2 is 1.93 bits per heavy atom. The first-order chi connectivity index (χ1) is 14.6. The Labute approximate surface area is 184 Å². The molecule has 1 aromatic carbocycles. The molecule has 5 heteroatoms. The summed E-state index contributed by atoms with van der Waals surface area (Å²) in [5.41, 5.74) is 2.18. The zero-order valence-electron chi connectivity index (χ0n) is 18.2. The van der Waals surface area contributed by atoms with Crippen LogP contribution in [0.25, 0.3) is 10.4 Å². The first kappa shape index (κ1) is 21.5. The Balaban J connectivity index is 1.52. The SMILES string of the molecule is COC1CCC(Cc2cccc(-c3cccs3)c2)(C(=O)NC2CCN(C)CC2)CC1. The van der Waals surface area contributed by atoms with Crippen molar-refractivity contribution in [3.05, 3.63) is 47.3 Å². The maximum atomic E-state index is 13.6. The number of amides is 1. The molecule has 1 aromatic heterocycles. The van der Waals surface area contributed by atoms with Crippen LogP contribution in [0.4, 0.5) is 0 Å². The highest BCUT2D eigenvalue weighted by atomic mass is 32.1. The molecule has 4 rings (SSSR count). The molecule has 0 spiro atoms. The van der Waals surface area contributed by atoms with Crippen LogP contribution in [0.15, 0.2) is 41.8 Å². The van der Waals surface area contributed by atoms with Crippen molar-refractivity contribution in [2.24, 2.45) is 5.41 Å². The Hall–Kier alpha value is -1.69. The molecule has 4 nitrogen and oxygen atoms in total. The second kappa shape index (κ2) is 9.63. The van der Waals surface area contributed by atoms with Crippen LogP contribution in [0.1, 0.15) is 44.1 Å². The fourth-order valence-electron chi connectivity index (χ4n) is 5.02. The van der Waals surface area contributed by atoms with Crippen LogP contribution in [0.5, 0.6) is 0 Å². The van der Waals surface area contributed by atoms with E-state index in [0.717, 1.165) is 58.0 Å². The lowest BCUT2D eigenvalue weighted by atomic mass is 9.68. The number of ether oxygens (including phenoxy) is 1. The lowest BCUT2D eigenvalue weighted by Crippen LogP contribution is -2.51. The third-order valence-corrected chi connectivity index (χ3v) is 7.95. The van der Waals surface area contributed by atoms with Gasteiger partial charge in [0.15, 0.2) is 0 Å². The maximum absolute atomic E-state index is 13.6. The Morgan fingerprint density at radius 3 is 2.60 bits per heavy atom. The molecule has 2 fully saturated rings. The van der Waals surface area contributed by atoms with E-state index in [1.165, 1.54) is 16.0 Å². The molecule has 0 bridgehead atoms. The van der Waals surface area contributed by atoms with Gasteiger partial charge in [-0.15, -0.1) is 11.3 Å². The van der Waals surface area contributed by atoms with Crippen LogP contribution in [-0.4, -0.2) is 50.2 Å². The van der Waals surface area contributed by atoms with Crippen molar-refractivity contribution in [2.75, 3.05) is 27.2 Å². The molecule has 1 saturated heterocycles. The van der Waals surface area contributed by atoms with Crippen LogP contribution >= 0.6 is 11.3 Å². The van der Waals surface area contributed by atoms with Crippen molar-refractivity contribution in [3.63, 3.8) is 0 Å². The summed E-state index contributed by atoms with van der Waals surface area (Å²) in [6, 6.07) is 13.3. The molecule has 2 aliphatic rings. The lowest BCUT2D eigenvalue weighted by molar-refractivity contribution is -0.135. The van der Waals surface area contributed by atoms with Gasteiger partial charge in [0.2, 0.25) is 5.91 Å². The second-order valence-electron chi connectivity index (χ2n) is 9.12. The molecule has 1 aliphatic heterocycles. The number of methoxy groups -OCH3 is 1. The minimum absolute atomic E-state index is 0.258. The number of carbonyl (C=O) groups excluding carboxylic acids is 1. The lowest BCUT2D eigenvalue weighted by Gasteiger charge is -2.40. The molecule has 1 N–H and O–H groups in total. The average Bonchev–Trinajstić information content (AvgIpc) is 3.31. The molecule has 2 heterocycles. The van der Waals surface area contributed by atoms with E-state index >= 15 is 0 Å². The van der Waals surface area contributed by atoms with E-state index in [-0.39, 0.29) is 17.4 Å². The van der Waals surface area contributed by atoms with E-state index in [1.54, 1.807) is 18.4 Å². The quantitative estimate of drug-likeness (QED) is 0.725. The van der Waals surface area contributed by atoms with Gasteiger partial charge in [-0.1, -0.05) is 30.3 Å². The van der Waals surface area contributed by atoms with Crippen molar-refractivity contribution in [1.82, 2.24) is 10.2 Å². The van der Waals surface area contributed by atoms with Gasteiger partial charge in [-0.05, 0) is 87.7 Å². The molecule has 0 atom stereocenters. The summed E-state index contributed by atoms with van der Waals surface area (Å²) < 4.78 is 5.61. The fraction of sp³-hybridized carbons (Fsp3) is 0.560. The smallest absolute Gasteiger partial charge is 0.226 e. The van der Waals surface area contributed by atoms with Crippen LogP contribution in [-0.2, 0) is 16.0 Å². The van der Waals surface area contributed by atoms with Crippen molar-refractivity contribution in [2.45, 2.75) is 57.1 Å². The number of hydrogen-bond acceptors (Lipinski definition) is 4. The average molecular weight is 427 g/mol. The zero-order chi connectivity index (χ0) is 21.0. The van der Waals surface area contributed by atoms with Crippen molar-refractivity contribution >= 4 is 17.2 Å². The van der Waals surface area contributed by atoms with Crippen LogP contribution in [0.2, 0.25) is 0 Å². The summed E-state index contributed by atoms with van der Waals surface area (Å²) in [7, 11) is 3.95. The molecule has 2 aromatic rings. The molecule has 0 unspecified atom stereocenters. The van der Waals surface area contributed by atoms with Crippen molar-refractivity contribution < 1.29 is 9.53 Å². The summed E-state index contributed by atoms with van der Waals surface area (Å²) in [5.74, 6) is 0.258. The van der Waals surface area contributed by atoms with Gasteiger partial charge in [-0.2, -0.15) is 0 Å². The topological polar surface area (TPSA) is 41.6 Å². The summed E-state index contributed by atoms with van der Waals surface area (Å²) in [6.07, 6.45) is 6.90. The number of nitrogens with one attached hydrogen (secondary N) is 1. The van der Waals surface area contributed by atoms with Crippen LogP contribution in [0, 0.1) is 5.41 Å². The predicted octanol–water partition coefficient (Wildman–Crippen LogP) is 4.74. The van der Waals surface area contributed by atoms with Crippen molar-refractivity contribution in [3.8, 4) is 10.4 Å². The van der Waals surface area contributed by atoms with Gasteiger partial charge < -0.3 is 15.0 Å². The molecule has 1 aliphatic carbocycles. The number of nitrogens with zero attached hydrogens (tertiary/aromatic N) is 1. The second-order valence-corrected chi connectivity index (χ2v) is 10.1. The van der Waals surface area contributed by atoms with E-state index in [9.17, 15) is 4.79 Å². The number of benzene rings is 1. The summed E-state index contributed by atoms with van der Waals surface area (Å²) in [5, 5.41) is 5.56. The normalized spacial score (nSPS) is 25.9. The number of likely N-dealkylation sites (tertiary alicyclic amines) is 1. The van der Waals surface area contributed by atoms with Crippen LogP contribution in [0.3, 0.4) is 0 Å². The van der Waals surface area contributed by atoms with E-state index in [2.05, 4.69) is 59.0 Å². The largest absolute Gasteiger partial charge is 0.381 e. The summed E-state index contributed by atoms with van der Waals surface area (Å²) in [6.45, 7) is 2.12. The third-order valence-electron chi connectivity index (χ3n) is 7.03. The standard InChI is InChI=1S/C25H34N2O2S/c1-27-14-10-21(11-15-27)26-24(28)25(12-8-22(29-2)9-13-25)18-19-5-3-6-20(17-19)23-7-4-16-30-23/h3-7,16-17,21-22H,8-15,18H2,1-2H3,(H,26,28). The van der Waals surface area contributed by atoms with E-state index in [0.29, 0.717) is 6.04 Å². The molecule has 162 valence electrons. The molecule has 1 amide bonds. The van der Waals surface area contributed by atoms with E-state index in [1.807, 2.05) is 0 Å². The monoisotopic (exact) mass is 426 g/mol. The van der Waals surface area contributed by atoms with Gasteiger partial charge in [0, 0.05) is 18.0 Å². The van der Waals surface area contributed by atoms with E-state index < -0.39 is 0 Å². The predicted molar refractivity (Wildman–Crippen MR) is 124 cm³/mol. The van der Waals surface area contributed by atoms with Crippen molar-refractivity contribution in [1.29, 1.82) is 0 Å². The molecular weight excluding hydrogens is 392 g/mol. The molecule has 30 heavy (non-hydrogen) atoms. The number of rotatable bonds is 6. The van der Waals surface area contributed by atoms with Crippen LogP contribution < -0.4 is 5.32 Å². The number of hydrogen-bond donors (Lipinski definition) is 1. The number of piperidine rings is 1.